The fourth-order valence-corrected chi connectivity index (χ4v) is 6.06. The topological polar surface area (TPSA) is 59.1 Å². The molecule has 2 amide bonds. The highest BCUT2D eigenvalue weighted by Gasteiger charge is 2.31. The summed E-state index contributed by atoms with van der Waals surface area (Å²) < 4.78 is 10.9. The van der Waals surface area contributed by atoms with Crippen molar-refractivity contribution in [3.63, 3.8) is 0 Å². The van der Waals surface area contributed by atoms with E-state index in [2.05, 4.69) is 0 Å². The molecule has 2 fully saturated rings. The van der Waals surface area contributed by atoms with Crippen LogP contribution in [0.4, 0.5) is 9.59 Å². The van der Waals surface area contributed by atoms with E-state index in [-0.39, 0.29) is 12.2 Å². The lowest BCUT2D eigenvalue weighted by atomic mass is 10.2. The Morgan fingerprint density at radius 1 is 0.786 bits per heavy atom. The van der Waals surface area contributed by atoms with Gasteiger partial charge < -0.3 is 19.3 Å². The lowest BCUT2D eigenvalue weighted by Gasteiger charge is -2.24. The van der Waals surface area contributed by atoms with Crippen molar-refractivity contribution in [3.8, 4) is 0 Å². The molecule has 2 aliphatic heterocycles. The van der Waals surface area contributed by atoms with Gasteiger partial charge in [0.15, 0.2) is 0 Å². The molecule has 2 aliphatic rings. The highest BCUT2D eigenvalue weighted by molar-refractivity contribution is 8.76. The molecule has 0 aromatic heterocycles. The molecule has 2 rings (SSSR count). The van der Waals surface area contributed by atoms with Crippen molar-refractivity contribution >= 4 is 33.8 Å². The SMILES string of the molecule is CC(C)(C)OC(=O)N1CC[C@H](CSSC[C@H]2CCN(C(=O)OC(C)(C)C)C2)C1. The maximum absolute atomic E-state index is 12.1. The van der Waals surface area contributed by atoms with Gasteiger partial charge in [-0.05, 0) is 66.2 Å². The average molecular weight is 433 g/mol. The number of carbonyl (C=O) groups is 2. The van der Waals surface area contributed by atoms with Crippen LogP contribution in [-0.4, -0.2) is 70.9 Å². The summed E-state index contributed by atoms with van der Waals surface area (Å²) in [5.41, 5.74) is -0.873. The Hall–Kier alpha value is -0.760. The molecule has 0 aromatic carbocycles. The van der Waals surface area contributed by atoms with Crippen LogP contribution in [0, 0.1) is 11.8 Å². The Balaban J connectivity index is 1.59. The molecule has 28 heavy (non-hydrogen) atoms. The molecule has 0 bridgehead atoms. The highest BCUT2D eigenvalue weighted by Crippen LogP contribution is 2.32. The molecule has 2 atom stereocenters. The summed E-state index contributed by atoms with van der Waals surface area (Å²) in [7, 11) is 3.77. The first-order valence-electron chi connectivity index (χ1n) is 10.1. The molecular weight excluding hydrogens is 396 g/mol. The predicted molar refractivity (Wildman–Crippen MR) is 117 cm³/mol. The minimum absolute atomic E-state index is 0.194. The van der Waals surface area contributed by atoms with Gasteiger partial charge in [0.05, 0.1) is 0 Å². The maximum Gasteiger partial charge on any atom is 0.410 e. The lowest BCUT2D eigenvalue weighted by molar-refractivity contribution is 0.0279. The zero-order chi connectivity index (χ0) is 20.9. The standard InChI is InChI=1S/C20H36N2O4S2/c1-19(2,3)25-17(23)21-9-7-15(11-21)13-27-28-14-16-8-10-22(12-16)18(24)26-20(4,5)6/h15-16H,7-14H2,1-6H3/t15-,16-/m0/s1. The molecule has 0 aliphatic carbocycles. The number of amides is 2. The van der Waals surface area contributed by atoms with Gasteiger partial charge in [0.2, 0.25) is 0 Å². The van der Waals surface area contributed by atoms with Gasteiger partial charge in [-0.15, -0.1) is 0 Å². The number of hydrogen-bond acceptors (Lipinski definition) is 6. The van der Waals surface area contributed by atoms with E-state index < -0.39 is 11.2 Å². The van der Waals surface area contributed by atoms with Crippen molar-refractivity contribution < 1.29 is 19.1 Å². The number of hydrogen-bond donors (Lipinski definition) is 0. The largest absolute Gasteiger partial charge is 0.444 e. The molecular formula is C20H36N2O4S2. The summed E-state index contributed by atoms with van der Waals surface area (Å²) in [4.78, 5) is 27.9. The number of rotatable bonds is 5. The van der Waals surface area contributed by atoms with Crippen LogP contribution in [0.2, 0.25) is 0 Å². The molecule has 2 saturated heterocycles. The highest BCUT2D eigenvalue weighted by atomic mass is 33.1. The second-order valence-corrected chi connectivity index (χ2v) is 12.3. The zero-order valence-electron chi connectivity index (χ0n) is 18.2. The minimum atomic E-state index is -0.436. The molecule has 0 unspecified atom stereocenters. The van der Waals surface area contributed by atoms with Gasteiger partial charge in [-0.1, -0.05) is 21.6 Å². The van der Waals surface area contributed by atoms with Crippen molar-refractivity contribution in [3.05, 3.63) is 0 Å². The molecule has 2 heterocycles. The first-order valence-corrected chi connectivity index (χ1v) is 12.6. The second-order valence-electron chi connectivity index (χ2n) is 9.73. The van der Waals surface area contributed by atoms with Crippen molar-refractivity contribution in [2.24, 2.45) is 11.8 Å². The van der Waals surface area contributed by atoms with Crippen molar-refractivity contribution in [2.75, 3.05) is 37.7 Å². The molecule has 0 saturated carbocycles. The molecule has 6 nitrogen and oxygen atoms in total. The first kappa shape index (κ1) is 23.5. The zero-order valence-corrected chi connectivity index (χ0v) is 19.8. The van der Waals surface area contributed by atoms with Crippen LogP contribution in [0.5, 0.6) is 0 Å². The number of carbonyl (C=O) groups excluding carboxylic acids is 2. The van der Waals surface area contributed by atoms with Crippen LogP contribution in [0.15, 0.2) is 0 Å². The van der Waals surface area contributed by atoms with E-state index in [1.165, 1.54) is 0 Å². The van der Waals surface area contributed by atoms with Crippen LogP contribution in [0.3, 0.4) is 0 Å². The van der Waals surface area contributed by atoms with Gasteiger partial charge in [0, 0.05) is 37.7 Å². The summed E-state index contributed by atoms with van der Waals surface area (Å²) >= 11 is 0. The van der Waals surface area contributed by atoms with Crippen molar-refractivity contribution in [1.82, 2.24) is 9.80 Å². The summed E-state index contributed by atoms with van der Waals surface area (Å²) in [6.07, 6.45) is 1.70. The average Bonchev–Trinajstić information content (AvgIpc) is 3.18. The number of likely N-dealkylation sites (tertiary alicyclic amines) is 2. The second kappa shape index (κ2) is 9.83. The van der Waals surface area contributed by atoms with Crippen LogP contribution in [0.1, 0.15) is 54.4 Å². The van der Waals surface area contributed by atoms with E-state index in [0.717, 1.165) is 50.5 Å². The third kappa shape index (κ3) is 8.31. The van der Waals surface area contributed by atoms with Gasteiger partial charge in [-0.25, -0.2) is 9.59 Å². The summed E-state index contributed by atoms with van der Waals surface area (Å²) in [5, 5.41) is 0. The minimum Gasteiger partial charge on any atom is -0.444 e. The van der Waals surface area contributed by atoms with Crippen LogP contribution >= 0.6 is 21.6 Å². The van der Waals surface area contributed by atoms with Gasteiger partial charge in [0.1, 0.15) is 11.2 Å². The predicted octanol–water partition coefficient (Wildman–Crippen LogP) is 4.88. The Bertz CT molecular complexity index is 497. The fraction of sp³-hybridized carbons (Fsp3) is 0.900. The van der Waals surface area contributed by atoms with Crippen LogP contribution in [-0.2, 0) is 9.47 Å². The van der Waals surface area contributed by atoms with Crippen LogP contribution in [0.25, 0.3) is 0 Å². The van der Waals surface area contributed by atoms with Gasteiger partial charge in [-0.3, -0.25) is 0 Å². The smallest absolute Gasteiger partial charge is 0.410 e. The molecule has 0 aromatic rings. The first-order chi connectivity index (χ1) is 12.9. The molecule has 0 N–H and O–H groups in total. The monoisotopic (exact) mass is 432 g/mol. The van der Waals surface area contributed by atoms with Crippen molar-refractivity contribution in [2.45, 2.75) is 65.6 Å². The Kier molecular flexibility index (Phi) is 8.26. The Morgan fingerprint density at radius 3 is 1.46 bits per heavy atom. The third-order valence-electron chi connectivity index (χ3n) is 4.57. The molecule has 0 spiro atoms. The third-order valence-corrected chi connectivity index (χ3v) is 7.26. The number of nitrogens with zero attached hydrogens (tertiary/aromatic N) is 2. The van der Waals surface area contributed by atoms with E-state index in [4.69, 9.17) is 9.47 Å². The van der Waals surface area contributed by atoms with Crippen LogP contribution < -0.4 is 0 Å². The lowest BCUT2D eigenvalue weighted by Crippen LogP contribution is -2.35. The summed E-state index contributed by atoms with van der Waals surface area (Å²) in [6.45, 7) is 14.6. The van der Waals surface area contributed by atoms with E-state index in [0.29, 0.717) is 11.8 Å². The fourth-order valence-electron chi connectivity index (χ4n) is 3.21. The van der Waals surface area contributed by atoms with E-state index in [9.17, 15) is 9.59 Å². The van der Waals surface area contributed by atoms with Crippen molar-refractivity contribution in [1.29, 1.82) is 0 Å². The Labute approximate surface area is 177 Å². The van der Waals surface area contributed by atoms with Gasteiger partial charge in [0.25, 0.3) is 0 Å². The molecule has 8 heteroatoms. The van der Waals surface area contributed by atoms with Gasteiger partial charge in [-0.2, -0.15) is 0 Å². The molecule has 0 radical (unpaired) electrons. The summed E-state index contributed by atoms with van der Waals surface area (Å²) in [6, 6.07) is 0. The summed E-state index contributed by atoms with van der Waals surface area (Å²) in [5.74, 6) is 3.16. The van der Waals surface area contributed by atoms with E-state index in [1.807, 2.05) is 72.9 Å². The van der Waals surface area contributed by atoms with E-state index >= 15 is 0 Å². The quantitative estimate of drug-likeness (QED) is 0.456. The van der Waals surface area contributed by atoms with Gasteiger partial charge >= 0.3 is 12.2 Å². The molecule has 162 valence electrons. The maximum atomic E-state index is 12.1. The number of ether oxygens (including phenoxy) is 2. The normalized spacial score (nSPS) is 23.2. The Morgan fingerprint density at radius 2 is 1.14 bits per heavy atom. The van der Waals surface area contributed by atoms with E-state index in [1.54, 1.807) is 0 Å².